The van der Waals surface area contributed by atoms with Crippen LogP contribution in [0, 0.1) is 33.5 Å². The van der Waals surface area contributed by atoms with Gasteiger partial charge in [-0.2, -0.15) is 15.0 Å². The van der Waals surface area contributed by atoms with Crippen molar-refractivity contribution in [2.75, 3.05) is 21.3 Å². The lowest BCUT2D eigenvalue weighted by Crippen LogP contribution is -2.33. The largest absolute Gasteiger partial charge is 0.342 e. The first-order chi connectivity index (χ1) is 17.7. The number of hydrogen-bond donors (Lipinski definition) is 4. The highest BCUT2D eigenvalue weighted by Gasteiger charge is 2.17. The summed E-state index contributed by atoms with van der Waals surface area (Å²) in [5.74, 6) is -0.149. The molecule has 3 aromatic carbocycles. The maximum Gasteiger partial charge on any atom is 0.246 e. The van der Waals surface area contributed by atoms with Crippen LogP contribution >= 0.6 is 0 Å². The van der Waals surface area contributed by atoms with E-state index in [2.05, 4.69) is 48.4 Å². The van der Waals surface area contributed by atoms with Crippen LogP contribution in [0.4, 0.5) is 39.3 Å². The zero-order chi connectivity index (χ0) is 26.5. The minimum atomic E-state index is -0.759. The number of benzene rings is 3. The van der Waals surface area contributed by atoms with Gasteiger partial charge in [-0.25, -0.2) is 4.39 Å². The van der Waals surface area contributed by atoms with Gasteiger partial charge in [-0.05, 0) is 70.0 Å². The van der Waals surface area contributed by atoms with Crippen LogP contribution in [0.5, 0.6) is 0 Å². The summed E-state index contributed by atoms with van der Waals surface area (Å²) < 4.78 is 14.0. The second kappa shape index (κ2) is 11.0. The number of rotatable bonds is 8. The van der Waals surface area contributed by atoms with Gasteiger partial charge in [-0.15, -0.1) is 0 Å². The van der Waals surface area contributed by atoms with Crippen molar-refractivity contribution < 1.29 is 9.18 Å². The maximum atomic E-state index is 14.0. The number of carbonyl (C=O) groups excluding carboxylic acids is 1. The quantitative estimate of drug-likeness (QED) is 0.230. The Hall–Kier alpha value is -4.53. The average molecular weight is 500 g/mol. The molecule has 1 atom stereocenters. The molecule has 4 N–H and O–H groups in total. The van der Waals surface area contributed by atoms with Gasteiger partial charge in [0.05, 0.1) is 5.69 Å². The van der Waals surface area contributed by atoms with Crippen LogP contribution < -0.4 is 21.3 Å². The van der Waals surface area contributed by atoms with E-state index in [4.69, 9.17) is 0 Å². The van der Waals surface area contributed by atoms with Crippen LogP contribution in [0.25, 0.3) is 0 Å². The van der Waals surface area contributed by atoms with Crippen molar-refractivity contribution >= 4 is 40.8 Å². The van der Waals surface area contributed by atoms with Crippen molar-refractivity contribution in [3.05, 3.63) is 88.7 Å². The van der Waals surface area contributed by atoms with Crippen LogP contribution in [-0.4, -0.2) is 26.9 Å². The number of aryl methyl sites for hydroxylation is 4. The van der Waals surface area contributed by atoms with E-state index in [0.29, 0.717) is 11.9 Å². The molecule has 4 aromatic rings. The van der Waals surface area contributed by atoms with Crippen molar-refractivity contribution in [3.63, 3.8) is 0 Å². The Bertz CT molecular complexity index is 1370. The summed E-state index contributed by atoms with van der Waals surface area (Å²) in [5.41, 5.74) is 6.18. The highest BCUT2D eigenvalue weighted by molar-refractivity contribution is 5.96. The summed E-state index contributed by atoms with van der Waals surface area (Å²) in [4.78, 5) is 26.2. The van der Waals surface area contributed by atoms with E-state index in [1.165, 1.54) is 12.1 Å². The molecular weight excluding hydrogens is 469 g/mol. The van der Waals surface area contributed by atoms with Gasteiger partial charge in [0, 0.05) is 11.4 Å². The summed E-state index contributed by atoms with van der Waals surface area (Å²) in [6.45, 7) is 9.70. The van der Waals surface area contributed by atoms with Crippen LogP contribution in [0.2, 0.25) is 0 Å². The molecule has 190 valence electrons. The van der Waals surface area contributed by atoms with Crippen molar-refractivity contribution in [1.82, 2.24) is 15.0 Å². The topological polar surface area (TPSA) is 104 Å². The summed E-state index contributed by atoms with van der Waals surface area (Å²) in [6, 6.07) is 17.3. The standard InChI is InChI=1S/C28H30FN7O/c1-16-10-12-22(18(3)14-16)32-27-34-26(30-20(5)25(37)31-24-9-7-6-8-21(24)29)35-28(36-27)33-23-13-11-17(2)15-19(23)4/h6-15,20H,1-5H3,(H,31,37)(H3,30,32,33,34,35,36)/t20-/m1/s1. The average Bonchev–Trinajstić information content (AvgIpc) is 2.84. The molecule has 0 bridgehead atoms. The third-order valence-electron chi connectivity index (χ3n) is 5.76. The fourth-order valence-electron chi connectivity index (χ4n) is 3.76. The molecule has 1 aromatic heterocycles. The molecule has 0 aliphatic heterocycles. The molecule has 4 rings (SSSR count). The Balaban J connectivity index is 1.61. The summed E-state index contributed by atoms with van der Waals surface area (Å²) in [5, 5.41) is 12.1. The lowest BCUT2D eigenvalue weighted by atomic mass is 10.1. The molecule has 0 unspecified atom stereocenters. The zero-order valence-corrected chi connectivity index (χ0v) is 21.5. The normalized spacial score (nSPS) is 11.5. The Kier molecular flexibility index (Phi) is 7.62. The van der Waals surface area contributed by atoms with Crippen LogP contribution in [-0.2, 0) is 4.79 Å². The minimum Gasteiger partial charge on any atom is -0.342 e. The lowest BCUT2D eigenvalue weighted by Gasteiger charge is -2.17. The highest BCUT2D eigenvalue weighted by Crippen LogP contribution is 2.24. The monoisotopic (exact) mass is 499 g/mol. The first-order valence-corrected chi connectivity index (χ1v) is 11.9. The van der Waals surface area contributed by atoms with E-state index in [1.54, 1.807) is 19.1 Å². The summed E-state index contributed by atoms with van der Waals surface area (Å²) in [6.07, 6.45) is 0. The lowest BCUT2D eigenvalue weighted by molar-refractivity contribution is -0.116. The van der Waals surface area contributed by atoms with E-state index in [-0.39, 0.29) is 11.6 Å². The number of carbonyl (C=O) groups is 1. The highest BCUT2D eigenvalue weighted by atomic mass is 19.1. The molecule has 9 heteroatoms. The molecule has 1 amide bonds. The molecule has 0 aliphatic carbocycles. The molecule has 0 aliphatic rings. The number of nitrogens with one attached hydrogen (secondary N) is 4. The van der Waals surface area contributed by atoms with Gasteiger partial charge in [0.25, 0.3) is 0 Å². The number of amides is 1. The molecule has 0 spiro atoms. The van der Waals surface area contributed by atoms with Gasteiger partial charge >= 0.3 is 0 Å². The predicted octanol–water partition coefficient (Wildman–Crippen LogP) is 6.17. The zero-order valence-electron chi connectivity index (χ0n) is 21.5. The number of halogens is 1. The third kappa shape index (κ3) is 6.58. The molecule has 8 nitrogen and oxygen atoms in total. The predicted molar refractivity (Wildman–Crippen MR) is 146 cm³/mol. The van der Waals surface area contributed by atoms with Crippen LogP contribution in [0.1, 0.15) is 29.2 Å². The molecule has 0 saturated heterocycles. The minimum absolute atomic E-state index is 0.103. The van der Waals surface area contributed by atoms with Crippen molar-refractivity contribution in [2.45, 2.75) is 40.7 Å². The molecule has 0 saturated carbocycles. The number of para-hydroxylation sites is 1. The first-order valence-electron chi connectivity index (χ1n) is 11.9. The van der Waals surface area contributed by atoms with Gasteiger partial charge in [0.1, 0.15) is 11.9 Å². The van der Waals surface area contributed by atoms with Gasteiger partial charge in [-0.3, -0.25) is 4.79 Å². The second-order valence-electron chi connectivity index (χ2n) is 9.03. The molecular formula is C28H30FN7O. The van der Waals surface area contributed by atoms with Crippen molar-refractivity contribution in [2.24, 2.45) is 0 Å². The maximum absolute atomic E-state index is 14.0. The fraction of sp³-hybridized carbons (Fsp3) is 0.214. The third-order valence-corrected chi connectivity index (χ3v) is 5.76. The van der Waals surface area contributed by atoms with Gasteiger partial charge in [-0.1, -0.05) is 47.5 Å². The number of aromatic nitrogens is 3. The van der Waals surface area contributed by atoms with E-state index < -0.39 is 17.8 Å². The van der Waals surface area contributed by atoms with Gasteiger partial charge in [0.15, 0.2) is 0 Å². The van der Waals surface area contributed by atoms with E-state index in [1.807, 2.05) is 52.0 Å². The van der Waals surface area contributed by atoms with Crippen molar-refractivity contribution in [3.8, 4) is 0 Å². The van der Waals surface area contributed by atoms with Gasteiger partial charge in [0.2, 0.25) is 23.8 Å². The van der Waals surface area contributed by atoms with E-state index >= 15 is 0 Å². The van der Waals surface area contributed by atoms with Crippen molar-refractivity contribution in [1.29, 1.82) is 0 Å². The number of nitrogens with zero attached hydrogens (tertiary/aromatic N) is 3. The summed E-state index contributed by atoms with van der Waals surface area (Å²) >= 11 is 0. The fourth-order valence-corrected chi connectivity index (χ4v) is 3.76. The Labute approximate surface area is 215 Å². The molecule has 0 fully saturated rings. The Morgan fingerprint density at radius 3 is 1.76 bits per heavy atom. The summed E-state index contributed by atoms with van der Waals surface area (Å²) in [7, 11) is 0. The SMILES string of the molecule is Cc1ccc(Nc2nc(Nc3ccc(C)cc3C)nc(N[C@H](C)C(=O)Nc3ccccc3F)n2)c(C)c1. The Morgan fingerprint density at radius 1 is 0.730 bits per heavy atom. The van der Waals surface area contributed by atoms with E-state index in [9.17, 15) is 9.18 Å². The molecule has 1 heterocycles. The number of hydrogen-bond acceptors (Lipinski definition) is 7. The smallest absolute Gasteiger partial charge is 0.246 e. The van der Waals surface area contributed by atoms with Crippen LogP contribution in [0.15, 0.2) is 60.7 Å². The van der Waals surface area contributed by atoms with Gasteiger partial charge < -0.3 is 21.3 Å². The van der Waals surface area contributed by atoms with Crippen LogP contribution in [0.3, 0.4) is 0 Å². The van der Waals surface area contributed by atoms with E-state index in [0.717, 1.165) is 33.6 Å². The number of anilines is 6. The molecule has 0 radical (unpaired) electrons. The Morgan fingerprint density at radius 2 is 1.24 bits per heavy atom. The second-order valence-corrected chi connectivity index (χ2v) is 9.03. The molecule has 37 heavy (non-hydrogen) atoms. The first kappa shape index (κ1) is 25.6.